The Hall–Kier alpha value is -0.720. The summed E-state index contributed by atoms with van der Waals surface area (Å²) in [7, 11) is 0. The molecular weight excluding hydrogens is 275 g/mol. The van der Waals surface area contributed by atoms with E-state index in [0.717, 1.165) is 12.5 Å². The average molecular weight is 308 g/mol. The van der Waals surface area contributed by atoms with E-state index < -0.39 is 6.17 Å². The van der Waals surface area contributed by atoms with Crippen LogP contribution < -0.4 is 10.6 Å². The smallest absolute Gasteiger partial charge is 0.207 e. The molecule has 0 spiro atoms. The van der Waals surface area contributed by atoms with Gasteiger partial charge in [-0.1, -0.05) is 34.6 Å². The van der Waals surface area contributed by atoms with Crippen LogP contribution in [0.5, 0.6) is 0 Å². The van der Waals surface area contributed by atoms with E-state index in [4.69, 9.17) is 9.47 Å². The van der Waals surface area contributed by atoms with Crippen molar-refractivity contribution in [3.63, 3.8) is 0 Å². The molecule has 0 bridgehead atoms. The highest BCUT2D eigenvalue weighted by Gasteiger charge is 2.04. The molecule has 1 amide bonds. The second-order valence-electron chi connectivity index (χ2n) is 5.65. The van der Waals surface area contributed by atoms with Crippen molar-refractivity contribution >= 4 is 6.41 Å². The number of nitrogens with one attached hydrogen (secondary N) is 2. The third-order valence-corrected chi connectivity index (χ3v) is 1.89. The first kappa shape index (κ1) is 22.6. The molecule has 6 heteroatoms. The summed E-state index contributed by atoms with van der Waals surface area (Å²) in [5.41, 5.74) is 0. The quantitative estimate of drug-likeness (QED) is 0.426. The molecule has 0 saturated carbocycles. The summed E-state index contributed by atoms with van der Waals surface area (Å²) < 4.78 is 23.2. The molecule has 5 nitrogen and oxygen atoms in total. The van der Waals surface area contributed by atoms with Gasteiger partial charge in [-0.15, -0.1) is 0 Å². The number of rotatable bonds is 12. The van der Waals surface area contributed by atoms with Crippen molar-refractivity contribution in [1.82, 2.24) is 10.6 Å². The molecule has 0 aromatic carbocycles. The van der Waals surface area contributed by atoms with Gasteiger partial charge in [0.1, 0.15) is 6.17 Å². The summed E-state index contributed by atoms with van der Waals surface area (Å²) in [6.07, 6.45) is -0.694. The number of carbonyl (C=O) groups excluding carboxylic acids is 1. The number of carbonyl (C=O) groups is 1. The maximum Gasteiger partial charge on any atom is 0.207 e. The second kappa shape index (κ2) is 17.3. The molecule has 0 aliphatic rings. The van der Waals surface area contributed by atoms with E-state index in [1.165, 1.54) is 0 Å². The van der Waals surface area contributed by atoms with Crippen LogP contribution in [0.4, 0.5) is 4.39 Å². The summed E-state index contributed by atoms with van der Waals surface area (Å²) >= 11 is 0. The van der Waals surface area contributed by atoms with E-state index in [1.54, 1.807) is 0 Å². The number of hydrogen-bond donors (Lipinski definition) is 2. The van der Waals surface area contributed by atoms with Gasteiger partial charge in [0.05, 0.1) is 33.0 Å². The third kappa shape index (κ3) is 28.2. The number of ether oxygens (including phenoxy) is 2. The number of alkyl halides is 1. The van der Waals surface area contributed by atoms with Crippen molar-refractivity contribution in [2.45, 2.75) is 46.8 Å². The zero-order valence-corrected chi connectivity index (χ0v) is 14.2. The maximum absolute atomic E-state index is 12.9. The molecule has 0 aromatic heterocycles. The molecular formula is C15H33FN2O3. The van der Waals surface area contributed by atoms with Crippen LogP contribution in [0, 0.1) is 5.92 Å². The lowest BCUT2D eigenvalue weighted by Crippen LogP contribution is -2.28. The zero-order valence-electron chi connectivity index (χ0n) is 14.2. The second-order valence-corrected chi connectivity index (χ2v) is 5.65. The van der Waals surface area contributed by atoms with Gasteiger partial charge in [-0.05, 0) is 5.92 Å². The molecule has 128 valence electrons. The molecule has 0 rings (SSSR count). The monoisotopic (exact) mass is 308 g/mol. The SMILES string of the molecule is CC(C)C.CC(C)NCCOCCOCC(F)CNC=O. The van der Waals surface area contributed by atoms with Crippen LogP contribution in [0.1, 0.15) is 34.6 Å². The summed E-state index contributed by atoms with van der Waals surface area (Å²) in [5, 5.41) is 5.46. The Bertz CT molecular complexity index is 214. The van der Waals surface area contributed by atoms with Crippen LogP contribution in [0.3, 0.4) is 0 Å². The van der Waals surface area contributed by atoms with Gasteiger partial charge in [0, 0.05) is 12.6 Å². The number of halogens is 1. The van der Waals surface area contributed by atoms with Crippen LogP contribution in [0.15, 0.2) is 0 Å². The summed E-state index contributed by atoms with van der Waals surface area (Å²) in [6.45, 7) is 12.8. The molecule has 0 saturated heterocycles. The van der Waals surface area contributed by atoms with Crippen LogP contribution in [-0.4, -0.2) is 58.1 Å². The van der Waals surface area contributed by atoms with E-state index in [1.807, 2.05) is 0 Å². The standard InChI is InChI=1S/C11H23FN2O3.C4H10/c1-10(2)14-3-4-16-5-6-17-8-11(12)7-13-9-15;1-4(2)3/h9-11,14H,3-8H2,1-2H3,(H,13,15);4H,1-3H3. The predicted octanol–water partition coefficient (Wildman–Crippen LogP) is 1.76. The fourth-order valence-corrected chi connectivity index (χ4v) is 1.09. The van der Waals surface area contributed by atoms with Crippen molar-refractivity contribution < 1.29 is 18.7 Å². The molecule has 21 heavy (non-hydrogen) atoms. The van der Waals surface area contributed by atoms with E-state index >= 15 is 0 Å². The van der Waals surface area contributed by atoms with Gasteiger partial charge in [-0.2, -0.15) is 0 Å². The Labute approximate surface area is 129 Å². The molecule has 0 fully saturated rings. The van der Waals surface area contributed by atoms with E-state index in [-0.39, 0.29) is 13.2 Å². The fourth-order valence-electron chi connectivity index (χ4n) is 1.09. The molecule has 2 N–H and O–H groups in total. The molecule has 0 aliphatic carbocycles. The summed E-state index contributed by atoms with van der Waals surface area (Å²) in [5.74, 6) is 0.833. The van der Waals surface area contributed by atoms with Gasteiger partial charge in [0.2, 0.25) is 6.41 Å². The Kier molecular flexibility index (Phi) is 18.6. The Balaban J connectivity index is 0. The van der Waals surface area contributed by atoms with Crippen molar-refractivity contribution in [2.24, 2.45) is 5.92 Å². The highest BCUT2D eigenvalue weighted by molar-refractivity contribution is 5.45. The lowest BCUT2D eigenvalue weighted by molar-refractivity contribution is -0.109. The first-order valence-corrected chi connectivity index (χ1v) is 7.60. The molecule has 0 aromatic rings. The highest BCUT2D eigenvalue weighted by Crippen LogP contribution is 1.90. The van der Waals surface area contributed by atoms with Crippen molar-refractivity contribution in [3.8, 4) is 0 Å². The van der Waals surface area contributed by atoms with Gasteiger partial charge in [0.15, 0.2) is 0 Å². The molecule has 1 atom stereocenters. The summed E-state index contributed by atoms with van der Waals surface area (Å²) in [6, 6.07) is 0.451. The molecule has 1 unspecified atom stereocenters. The molecule has 0 radical (unpaired) electrons. The molecule has 0 aliphatic heterocycles. The van der Waals surface area contributed by atoms with E-state index in [2.05, 4.69) is 45.3 Å². The lowest BCUT2D eigenvalue weighted by atomic mass is 10.3. The van der Waals surface area contributed by atoms with Crippen LogP contribution in [0.2, 0.25) is 0 Å². The summed E-state index contributed by atoms with van der Waals surface area (Å²) in [4.78, 5) is 9.89. The topological polar surface area (TPSA) is 59.6 Å². The van der Waals surface area contributed by atoms with Gasteiger partial charge in [0.25, 0.3) is 0 Å². The number of hydrogen-bond acceptors (Lipinski definition) is 4. The van der Waals surface area contributed by atoms with Crippen molar-refractivity contribution in [1.29, 1.82) is 0 Å². The van der Waals surface area contributed by atoms with Gasteiger partial charge < -0.3 is 20.1 Å². The lowest BCUT2D eigenvalue weighted by Gasteiger charge is -2.10. The first-order valence-electron chi connectivity index (χ1n) is 7.60. The highest BCUT2D eigenvalue weighted by atomic mass is 19.1. The van der Waals surface area contributed by atoms with Gasteiger partial charge >= 0.3 is 0 Å². The van der Waals surface area contributed by atoms with Gasteiger partial charge in [-0.3, -0.25) is 4.79 Å². The minimum absolute atomic E-state index is 0.0112. The Morgan fingerprint density at radius 1 is 1.05 bits per heavy atom. The van der Waals surface area contributed by atoms with Crippen molar-refractivity contribution in [2.75, 3.05) is 39.5 Å². The molecule has 0 heterocycles. The van der Waals surface area contributed by atoms with Gasteiger partial charge in [-0.25, -0.2) is 4.39 Å². The Morgan fingerprint density at radius 2 is 1.62 bits per heavy atom. The van der Waals surface area contributed by atoms with Crippen molar-refractivity contribution in [3.05, 3.63) is 0 Å². The predicted molar refractivity (Wildman–Crippen MR) is 84.3 cm³/mol. The zero-order chi connectivity index (χ0) is 16.5. The minimum atomic E-state index is -1.16. The first-order chi connectivity index (χ1) is 9.90. The van der Waals surface area contributed by atoms with Crippen LogP contribution in [-0.2, 0) is 14.3 Å². The normalized spacial score (nSPS) is 12.0. The Morgan fingerprint density at radius 3 is 2.14 bits per heavy atom. The number of amides is 1. The fraction of sp³-hybridized carbons (Fsp3) is 0.933. The van der Waals surface area contributed by atoms with E-state index in [9.17, 15) is 9.18 Å². The largest absolute Gasteiger partial charge is 0.378 e. The maximum atomic E-state index is 12.9. The average Bonchev–Trinajstić information content (AvgIpc) is 2.38. The van der Waals surface area contributed by atoms with Crippen LogP contribution >= 0.6 is 0 Å². The minimum Gasteiger partial charge on any atom is -0.378 e. The van der Waals surface area contributed by atoms with E-state index in [0.29, 0.717) is 32.3 Å². The van der Waals surface area contributed by atoms with Crippen LogP contribution in [0.25, 0.3) is 0 Å². The third-order valence-electron chi connectivity index (χ3n) is 1.89.